The van der Waals surface area contributed by atoms with Crippen LogP contribution in [0.5, 0.6) is 11.5 Å². The molecule has 0 aliphatic rings. The van der Waals surface area contributed by atoms with Gasteiger partial charge >= 0.3 is 5.97 Å². The highest BCUT2D eigenvalue weighted by molar-refractivity contribution is 6.10. The first-order valence-electron chi connectivity index (χ1n) is 7.48. The maximum atomic E-state index is 14.2. The Hall–Kier alpha value is -3.35. The van der Waals surface area contributed by atoms with Crippen LogP contribution in [0.15, 0.2) is 41.2 Å². The molecule has 0 fully saturated rings. The number of benzene rings is 2. The highest BCUT2D eigenvalue weighted by atomic mass is 19.1. The summed E-state index contributed by atoms with van der Waals surface area (Å²) in [5.41, 5.74) is -0.960. The van der Waals surface area contributed by atoms with Crippen LogP contribution in [-0.2, 0) is 4.74 Å². The molecular weight excluding hydrogens is 329 g/mol. The van der Waals surface area contributed by atoms with Gasteiger partial charge in [0.2, 0.25) is 0 Å². The molecule has 0 atom stereocenters. The van der Waals surface area contributed by atoms with Gasteiger partial charge in [0.25, 0.3) is 5.56 Å². The number of aromatic hydroxyl groups is 2. The fourth-order valence-corrected chi connectivity index (χ4v) is 2.70. The first-order valence-corrected chi connectivity index (χ1v) is 7.48. The summed E-state index contributed by atoms with van der Waals surface area (Å²) in [4.78, 5) is 27.3. The molecule has 0 spiro atoms. The van der Waals surface area contributed by atoms with Gasteiger partial charge in [0.15, 0.2) is 0 Å². The molecule has 25 heavy (non-hydrogen) atoms. The van der Waals surface area contributed by atoms with E-state index in [9.17, 15) is 24.2 Å². The molecule has 1 heterocycles. The Labute approximate surface area is 141 Å². The smallest absolute Gasteiger partial charge is 0.340 e. The van der Waals surface area contributed by atoms with Gasteiger partial charge in [-0.15, -0.1) is 0 Å². The van der Waals surface area contributed by atoms with Crippen molar-refractivity contribution in [3.05, 3.63) is 58.1 Å². The van der Waals surface area contributed by atoms with E-state index in [0.717, 1.165) is 12.1 Å². The van der Waals surface area contributed by atoms with Crippen LogP contribution in [0.4, 0.5) is 4.39 Å². The van der Waals surface area contributed by atoms with Crippen LogP contribution >= 0.6 is 0 Å². The zero-order valence-electron chi connectivity index (χ0n) is 13.2. The van der Waals surface area contributed by atoms with Gasteiger partial charge in [-0.2, -0.15) is 0 Å². The molecule has 2 aromatic carbocycles. The van der Waals surface area contributed by atoms with Gasteiger partial charge in [0.05, 0.1) is 23.3 Å². The van der Waals surface area contributed by atoms with Gasteiger partial charge in [-0.1, -0.05) is 12.1 Å². The number of phenols is 2. The largest absolute Gasteiger partial charge is 0.508 e. The lowest BCUT2D eigenvalue weighted by molar-refractivity contribution is 0.0529. The number of nitrogens with one attached hydrogen (secondary N) is 1. The van der Waals surface area contributed by atoms with Crippen LogP contribution < -0.4 is 5.56 Å². The third-order valence-electron chi connectivity index (χ3n) is 3.71. The summed E-state index contributed by atoms with van der Waals surface area (Å²) in [6.45, 7) is 1.66. The number of carbonyl (C=O) groups is 1. The normalized spacial score (nSPS) is 10.8. The minimum Gasteiger partial charge on any atom is -0.508 e. The van der Waals surface area contributed by atoms with E-state index in [1.807, 2.05) is 0 Å². The summed E-state index contributed by atoms with van der Waals surface area (Å²) in [6.07, 6.45) is 0. The number of hydrogen-bond acceptors (Lipinski definition) is 5. The lowest BCUT2D eigenvalue weighted by atomic mass is 9.98. The topological polar surface area (TPSA) is 99.6 Å². The third kappa shape index (κ3) is 2.80. The zero-order chi connectivity index (χ0) is 18.1. The Balaban J connectivity index is 2.49. The van der Waals surface area contributed by atoms with Crippen molar-refractivity contribution in [1.29, 1.82) is 0 Å². The van der Waals surface area contributed by atoms with E-state index in [2.05, 4.69) is 4.98 Å². The standard InChI is InChI=1S/C18H14FNO5/c1-2-25-18(24)15-11-7-9(21)8-13(22)14(11)17(23)20-16(15)10-5-3-4-6-12(10)19/h3-8,21-22H,2H2,1H3,(H,20,23). The van der Waals surface area contributed by atoms with Crippen molar-refractivity contribution >= 4 is 16.7 Å². The van der Waals surface area contributed by atoms with Crippen LogP contribution in [0.3, 0.4) is 0 Å². The Morgan fingerprint density at radius 1 is 1.24 bits per heavy atom. The van der Waals surface area contributed by atoms with E-state index in [4.69, 9.17) is 4.74 Å². The van der Waals surface area contributed by atoms with Crippen LogP contribution in [0.25, 0.3) is 22.0 Å². The number of carbonyl (C=O) groups excluding carboxylic acids is 1. The predicted molar refractivity (Wildman–Crippen MR) is 89.2 cm³/mol. The van der Waals surface area contributed by atoms with Gasteiger partial charge < -0.3 is 19.9 Å². The van der Waals surface area contributed by atoms with E-state index in [-0.39, 0.29) is 39.9 Å². The maximum Gasteiger partial charge on any atom is 0.340 e. The van der Waals surface area contributed by atoms with Crippen molar-refractivity contribution in [3.63, 3.8) is 0 Å². The van der Waals surface area contributed by atoms with Crippen molar-refractivity contribution in [2.45, 2.75) is 6.92 Å². The molecule has 0 amide bonds. The van der Waals surface area contributed by atoms with Gasteiger partial charge in [0, 0.05) is 17.0 Å². The van der Waals surface area contributed by atoms with Crippen LogP contribution in [0.2, 0.25) is 0 Å². The second-order valence-electron chi connectivity index (χ2n) is 5.29. The Bertz CT molecular complexity index is 1040. The quantitative estimate of drug-likeness (QED) is 0.635. The highest BCUT2D eigenvalue weighted by Crippen LogP contribution is 2.34. The zero-order valence-corrected chi connectivity index (χ0v) is 13.2. The molecule has 3 rings (SSSR count). The molecule has 3 N–H and O–H groups in total. The number of ether oxygens (including phenoxy) is 1. The number of halogens is 1. The fraction of sp³-hybridized carbons (Fsp3) is 0.111. The number of aromatic amines is 1. The summed E-state index contributed by atoms with van der Waals surface area (Å²) in [7, 11) is 0. The van der Waals surface area contributed by atoms with Crippen LogP contribution in [0.1, 0.15) is 17.3 Å². The average molecular weight is 343 g/mol. The molecule has 6 nitrogen and oxygen atoms in total. The minimum absolute atomic E-state index is 0.00705. The molecule has 0 unspecified atom stereocenters. The Morgan fingerprint density at radius 3 is 2.64 bits per heavy atom. The molecule has 0 aliphatic heterocycles. The predicted octanol–water partition coefficient (Wildman–Crippen LogP) is 2.92. The SMILES string of the molecule is CCOC(=O)c1c(-c2ccccc2F)[nH]c(=O)c2c(O)cc(O)cc12. The lowest BCUT2D eigenvalue weighted by Crippen LogP contribution is -2.16. The first kappa shape index (κ1) is 16.5. The van der Waals surface area contributed by atoms with E-state index in [1.54, 1.807) is 13.0 Å². The summed E-state index contributed by atoms with van der Waals surface area (Å²) in [6, 6.07) is 7.75. The number of hydrogen-bond donors (Lipinski definition) is 3. The van der Waals surface area contributed by atoms with Gasteiger partial charge in [-0.05, 0) is 25.1 Å². The molecule has 128 valence electrons. The summed E-state index contributed by atoms with van der Waals surface area (Å²) < 4.78 is 19.2. The van der Waals surface area contributed by atoms with Crippen molar-refractivity contribution in [2.24, 2.45) is 0 Å². The Kier molecular flexibility index (Phi) is 4.14. The molecule has 0 saturated heterocycles. The van der Waals surface area contributed by atoms with E-state index >= 15 is 0 Å². The van der Waals surface area contributed by atoms with Crippen molar-refractivity contribution in [3.8, 4) is 22.8 Å². The van der Waals surface area contributed by atoms with Gasteiger partial charge in [0.1, 0.15) is 17.3 Å². The van der Waals surface area contributed by atoms with Crippen molar-refractivity contribution < 1.29 is 24.1 Å². The van der Waals surface area contributed by atoms with E-state index in [0.29, 0.717) is 0 Å². The van der Waals surface area contributed by atoms with Crippen LogP contribution in [0, 0.1) is 5.82 Å². The van der Waals surface area contributed by atoms with E-state index in [1.165, 1.54) is 18.2 Å². The number of fused-ring (bicyclic) bond motifs is 1. The summed E-state index contributed by atoms with van der Waals surface area (Å²) >= 11 is 0. The second-order valence-corrected chi connectivity index (χ2v) is 5.29. The van der Waals surface area contributed by atoms with Crippen molar-refractivity contribution in [2.75, 3.05) is 6.61 Å². The van der Waals surface area contributed by atoms with Crippen LogP contribution in [-0.4, -0.2) is 27.8 Å². The molecule has 7 heteroatoms. The third-order valence-corrected chi connectivity index (χ3v) is 3.71. The molecular formula is C18H14FNO5. The molecule has 1 aromatic heterocycles. The first-order chi connectivity index (χ1) is 11.9. The molecule has 3 aromatic rings. The maximum absolute atomic E-state index is 14.2. The second kappa shape index (κ2) is 6.27. The molecule has 0 radical (unpaired) electrons. The average Bonchev–Trinajstić information content (AvgIpc) is 2.54. The number of esters is 1. The number of H-pyrrole nitrogens is 1. The highest BCUT2D eigenvalue weighted by Gasteiger charge is 2.24. The minimum atomic E-state index is -0.813. The molecule has 0 saturated carbocycles. The van der Waals surface area contributed by atoms with Gasteiger partial charge in [-0.25, -0.2) is 9.18 Å². The number of aromatic nitrogens is 1. The summed E-state index contributed by atoms with van der Waals surface area (Å²) in [5.74, 6) is -2.30. The fourth-order valence-electron chi connectivity index (χ4n) is 2.70. The molecule has 0 aliphatic carbocycles. The number of phenolic OH excluding ortho intramolecular Hbond substituents is 2. The monoisotopic (exact) mass is 343 g/mol. The summed E-state index contributed by atoms with van der Waals surface area (Å²) in [5, 5.41) is 19.5. The molecule has 0 bridgehead atoms. The van der Waals surface area contributed by atoms with Crippen molar-refractivity contribution in [1.82, 2.24) is 4.98 Å². The van der Waals surface area contributed by atoms with E-state index < -0.39 is 23.1 Å². The lowest BCUT2D eigenvalue weighted by Gasteiger charge is -2.13. The number of pyridine rings is 1. The Morgan fingerprint density at radius 2 is 1.96 bits per heavy atom. The number of rotatable bonds is 3. The van der Waals surface area contributed by atoms with Gasteiger partial charge in [-0.3, -0.25) is 4.79 Å².